The summed E-state index contributed by atoms with van der Waals surface area (Å²) in [6.45, 7) is 0.278. The van der Waals surface area contributed by atoms with Gasteiger partial charge in [-0.2, -0.15) is 8.78 Å². The zero-order chi connectivity index (χ0) is 20.4. The zero-order valence-corrected chi connectivity index (χ0v) is 15.8. The number of nitrogens with one attached hydrogen (secondary N) is 3. The van der Waals surface area contributed by atoms with Crippen molar-refractivity contribution < 1.29 is 22.8 Å². The summed E-state index contributed by atoms with van der Waals surface area (Å²) in [7, 11) is 0. The standard InChI is InChI=1S/C21H23F2N3O3/c22-19(23)21(28)26-17(14-8-4-5-12-9-10-29-18(12)14)16-15(11-24-20(16)27)25-13-6-2-1-3-7-13/h4-5,8-10,13,17,19,25H,1-3,6-7,11H2,(H,24,27)(H,26,28). The quantitative estimate of drug-likeness (QED) is 0.692. The van der Waals surface area contributed by atoms with Crippen molar-refractivity contribution in [1.82, 2.24) is 16.0 Å². The molecule has 2 aromatic rings. The molecule has 0 saturated heterocycles. The Hall–Kier alpha value is -2.90. The molecule has 0 spiro atoms. The van der Waals surface area contributed by atoms with Crippen LogP contribution in [0.15, 0.2) is 46.2 Å². The van der Waals surface area contributed by atoms with Crippen LogP contribution in [0.4, 0.5) is 8.78 Å². The van der Waals surface area contributed by atoms with Crippen LogP contribution in [0.3, 0.4) is 0 Å². The number of carbonyl (C=O) groups is 2. The maximum atomic E-state index is 13.0. The average Bonchev–Trinajstić information content (AvgIpc) is 3.33. The van der Waals surface area contributed by atoms with Crippen LogP contribution in [0.5, 0.6) is 0 Å². The van der Waals surface area contributed by atoms with E-state index < -0.39 is 18.4 Å². The Kier molecular flexibility index (Phi) is 5.51. The Morgan fingerprint density at radius 2 is 1.97 bits per heavy atom. The summed E-state index contributed by atoms with van der Waals surface area (Å²) in [5.41, 5.74) is 1.83. The van der Waals surface area contributed by atoms with Gasteiger partial charge in [0.15, 0.2) is 0 Å². The van der Waals surface area contributed by atoms with Gasteiger partial charge in [-0.1, -0.05) is 37.5 Å². The fourth-order valence-electron chi connectivity index (χ4n) is 4.18. The molecule has 1 atom stereocenters. The van der Waals surface area contributed by atoms with Crippen molar-refractivity contribution in [2.45, 2.75) is 50.6 Å². The van der Waals surface area contributed by atoms with Crippen LogP contribution in [0.1, 0.15) is 43.7 Å². The fourth-order valence-corrected chi connectivity index (χ4v) is 4.18. The van der Waals surface area contributed by atoms with Crippen molar-refractivity contribution in [3.8, 4) is 0 Å². The molecule has 2 amide bonds. The molecular formula is C21H23F2N3O3. The van der Waals surface area contributed by atoms with Gasteiger partial charge in [-0.3, -0.25) is 9.59 Å². The lowest BCUT2D eigenvalue weighted by Gasteiger charge is -2.26. The summed E-state index contributed by atoms with van der Waals surface area (Å²) in [5, 5.41) is 9.29. The maximum Gasteiger partial charge on any atom is 0.315 e. The molecule has 2 aliphatic rings. The average molecular weight is 403 g/mol. The van der Waals surface area contributed by atoms with Crippen LogP contribution < -0.4 is 16.0 Å². The largest absolute Gasteiger partial charge is 0.464 e. The van der Waals surface area contributed by atoms with Gasteiger partial charge in [-0.25, -0.2) is 0 Å². The SMILES string of the molecule is O=C1NCC(NC2CCCCC2)=C1C(NC(=O)C(F)F)c1cccc2ccoc12. The second kappa shape index (κ2) is 8.23. The van der Waals surface area contributed by atoms with Gasteiger partial charge < -0.3 is 20.4 Å². The van der Waals surface area contributed by atoms with E-state index in [1.165, 1.54) is 12.7 Å². The Morgan fingerprint density at radius 1 is 1.17 bits per heavy atom. The molecule has 1 unspecified atom stereocenters. The van der Waals surface area contributed by atoms with E-state index in [0.717, 1.165) is 31.1 Å². The molecule has 6 nitrogen and oxygen atoms in total. The van der Waals surface area contributed by atoms with Gasteiger partial charge in [-0.05, 0) is 18.9 Å². The molecule has 0 bridgehead atoms. The van der Waals surface area contributed by atoms with Crippen molar-refractivity contribution in [3.05, 3.63) is 47.4 Å². The molecule has 4 rings (SSSR count). The van der Waals surface area contributed by atoms with E-state index >= 15 is 0 Å². The smallest absolute Gasteiger partial charge is 0.315 e. The molecule has 3 N–H and O–H groups in total. The lowest BCUT2D eigenvalue weighted by Crippen LogP contribution is -2.37. The van der Waals surface area contributed by atoms with Crippen molar-refractivity contribution in [1.29, 1.82) is 0 Å². The number of para-hydroxylation sites is 1. The van der Waals surface area contributed by atoms with Crippen molar-refractivity contribution >= 4 is 22.8 Å². The Balaban J connectivity index is 1.76. The van der Waals surface area contributed by atoms with Crippen LogP contribution in [0.25, 0.3) is 11.0 Å². The summed E-state index contributed by atoms with van der Waals surface area (Å²) in [6, 6.07) is 6.18. The number of hydrogen-bond donors (Lipinski definition) is 3. The van der Waals surface area contributed by atoms with E-state index in [4.69, 9.17) is 4.42 Å². The molecule has 2 heterocycles. The molecule has 1 aromatic heterocycles. The van der Waals surface area contributed by atoms with Crippen LogP contribution >= 0.6 is 0 Å². The van der Waals surface area contributed by atoms with Crippen LogP contribution in [0.2, 0.25) is 0 Å². The molecule has 1 saturated carbocycles. The number of fused-ring (bicyclic) bond motifs is 1. The van der Waals surface area contributed by atoms with Gasteiger partial charge in [0.1, 0.15) is 5.58 Å². The Morgan fingerprint density at radius 3 is 2.72 bits per heavy atom. The maximum absolute atomic E-state index is 13.0. The van der Waals surface area contributed by atoms with Crippen LogP contribution in [-0.4, -0.2) is 30.8 Å². The lowest BCUT2D eigenvalue weighted by atomic mass is 9.93. The predicted octanol–water partition coefficient (Wildman–Crippen LogP) is 3.16. The van der Waals surface area contributed by atoms with E-state index in [1.807, 2.05) is 6.07 Å². The fraction of sp³-hybridized carbons (Fsp3) is 0.429. The number of benzene rings is 1. The summed E-state index contributed by atoms with van der Waals surface area (Å²) < 4.78 is 31.6. The van der Waals surface area contributed by atoms with Crippen molar-refractivity contribution in [3.63, 3.8) is 0 Å². The lowest BCUT2D eigenvalue weighted by molar-refractivity contribution is -0.132. The number of alkyl halides is 2. The summed E-state index contributed by atoms with van der Waals surface area (Å²) in [4.78, 5) is 24.6. The second-order valence-electron chi connectivity index (χ2n) is 7.48. The molecule has 1 aliphatic heterocycles. The molecule has 29 heavy (non-hydrogen) atoms. The van der Waals surface area contributed by atoms with Crippen molar-refractivity contribution in [2.75, 3.05) is 6.54 Å². The Bertz CT molecular complexity index is 948. The van der Waals surface area contributed by atoms with Crippen LogP contribution in [-0.2, 0) is 9.59 Å². The first-order valence-electron chi connectivity index (χ1n) is 9.87. The molecular weight excluding hydrogens is 380 g/mol. The highest BCUT2D eigenvalue weighted by Crippen LogP contribution is 2.33. The van der Waals surface area contributed by atoms with Gasteiger partial charge in [-0.15, -0.1) is 0 Å². The number of furan rings is 1. The van der Waals surface area contributed by atoms with Crippen LogP contribution in [0, 0.1) is 0 Å². The Labute approximate surface area is 166 Å². The number of rotatable bonds is 6. The third-order valence-electron chi connectivity index (χ3n) is 5.57. The summed E-state index contributed by atoms with van der Waals surface area (Å²) in [6.07, 6.45) is 3.70. The molecule has 1 aromatic carbocycles. The minimum Gasteiger partial charge on any atom is -0.464 e. The van der Waals surface area contributed by atoms with Gasteiger partial charge >= 0.3 is 6.43 Å². The van der Waals surface area contributed by atoms with Gasteiger partial charge in [0, 0.05) is 22.7 Å². The highest BCUT2D eigenvalue weighted by Gasteiger charge is 2.35. The summed E-state index contributed by atoms with van der Waals surface area (Å²) >= 11 is 0. The molecule has 8 heteroatoms. The number of halogens is 2. The normalized spacial score (nSPS) is 18.9. The number of hydrogen-bond acceptors (Lipinski definition) is 4. The molecule has 0 radical (unpaired) electrons. The van der Waals surface area contributed by atoms with E-state index in [0.29, 0.717) is 16.8 Å². The van der Waals surface area contributed by atoms with Gasteiger partial charge in [0.2, 0.25) is 0 Å². The molecule has 1 aliphatic carbocycles. The van der Waals surface area contributed by atoms with E-state index in [1.54, 1.807) is 18.2 Å². The molecule has 1 fully saturated rings. The van der Waals surface area contributed by atoms with E-state index in [-0.39, 0.29) is 24.1 Å². The third kappa shape index (κ3) is 3.97. The first-order chi connectivity index (χ1) is 14.0. The molecule has 154 valence electrons. The minimum atomic E-state index is -3.19. The summed E-state index contributed by atoms with van der Waals surface area (Å²) in [5.74, 6) is -1.81. The number of carbonyl (C=O) groups excluding carboxylic acids is 2. The first-order valence-corrected chi connectivity index (χ1v) is 9.87. The van der Waals surface area contributed by atoms with E-state index in [9.17, 15) is 18.4 Å². The number of amides is 2. The minimum absolute atomic E-state index is 0.229. The highest BCUT2D eigenvalue weighted by molar-refractivity contribution is 6.00. The topological polar surface area (TPSA) is 83.4 Å². The highest BCUT2D eigenvalue weighted by atomic mass is 19.3. The first kappa shape index (κ1) is 19.4. The second-order valence-corrected chi connectivity index (χ2v) is 7.48. The predicted molar refractivity (Wildman–Crippen MR) is 103 cm³/mol. The zero-order valence-electron chi connectivity index (χ0n) is 15.8. The van der Waals surface area contributed by atoms with Gasteiger partial charge in [0.05, 0.1) is 24.4 Å². The third-order valence-corrected chi connectivity index (χ3v) is 5.57. The van der Waals surface area contributed by atoms with Crippen molar-refractivity contribution in [2.24, 2.45) is 0 Å². The van der Waals surface area contributed by atoms with Gasteiger partial charge in [0.25, 0.3) is 11.8 Å². The van der Waals surface area contributed by atoms with E-state index in [2.05, 4.69) is 16.0 Å². The monoisotopic (exact) mass is 403 g/mol.